The molecule has 0 bridgehead atoms. The Balaban J connectivity index is 2.24. The Bertz CT molecular complexity index is 416. The molecule has 1 aromatic carbocycles. The number of thioether (sulfide) groups is 1. The minimum absolute atomic E-state index is 0.195. The van der Waals surface area contributed by atoms with Crippen molar-refractivity contribution < 1.29 is 4.79 Å². The van der Waals surface area contributed by atoms with Crippen LogP contribution in [-0.4, -0.2) is 22.6 Å². The molecule has 1 aromatic rings. The van der Waals surface area contributed by atoms with E-state index in [1.54, 1.807) is 11.8 Å². The van der Waals surface area contributed by atoms with Gasteiger partial charge in [0.1, 0.15) is 5.37 Å². The van der Waals surface area contributed by atoms with Crippen LogP contribution >= 0.6 is 11.8 Å². The number of hydrazone groups is 1. The summed E-state index contributed by atoms with van der Waals surface area (Å²) in [6.45, 7) is 2.04. The summed E-state index contributed by atoms with van der Waals surface area (Å²) in [6.07, 6.45) is 0.866. The number of aldehydes is 1. The Morgan fingerprint density at radius 3 is 2.69 bits per heavy atom. The molecule has 16 heavy (non-hydrogen) atoms. The third-order valence-electron chi connectivity index (χ3n) is 2.38. The molecule has 0 aromatic heterocycles. The zero-order valence-corrected chi connectivity index (χ0v) is 9.70. The lowest BCUT2D eigenvalue weighted by atomic mass is 10.1. The summed E-state index contributed by atoms with van der Waals surface area (Å²) in [7, 11) is 0. The SMILES string of the molecule is C[C@@H]1SC(C=O)NN=C1c1ccc(N)cc1. The molecule has 2 rings (SSSR count). The maximum Gasteiger partial charge on any atom is 0.154 e. The molecule has 0 saturated heterocycles. The van der Waals surface area contributed by atoms with Crippen LogP contribution < -0.4 is 11.2 Å². The van der Waals surface area contributed by atoms with E-state index >= 15 is 0 Å². The van der Waals surface area contributed by atoms with Gasteiger partial charge in [-0.15, -0.1) is 11.8 Å². The quantitative estimate of drug-likeness (QED) is 0.597. The van der Waals surface area contributed by atoms with E-state index in [4.69, 9.17) is 5.73 Å². The van der Waals surface area contributed by atoms with Gasteiger partial charge in [0, 0.05) is 10.9 Å². The van der Waals surface area contributed by atoms with Gasteiger partial charge < -0.3 is 10.5 Å². The van der Waals surface area contributed by atoms with Gasteiger partial charge in [-0.25, -0.2) is 0 Å². The molecular formula is C11H13N3OS. The zero-order chi connectivity index (χ0) is 11.5. The number of carbonyl (C=O) groups excluding carboxylic acids is 1. The standard InChI is InChI=1S/C11H13N3OS/c1-7-11(14-13-10(6-15)16-7)8-2-4-9(12)5-3-8/h2-7,10,13H,12H2,1H3/t7-,10?/m0/s1. The molecule has 0 aliphatic carbocycles. The van der Waals surface area contributed by atoms with Crippen molar-refractivity contribution in [3.05, 3.63) is 29.8 Å². The fourth-order valence-electron chi connectivity index (χ4n) is 1.55. The monoisotopic (exact) mass is 235 g/mol. The first kappa shape index (κ1) is 11.0. The van der Waals surface area contributed by atoms with Gasteiger partial charge in [-0.05, 0) is 24.6 Å². The minimum atomic E-state index is -0.243. The van der Waals surface area contributed by atoms with E-state index in [1.165, 1.54) is 0 Å². The smallest absolute Gasteiger partial charge is 0.154 e. The molecule has 2 atom stereocenters. The van der Waals surface area contributed by atoms with Gasteiger partial charge in [0.15, 0.2) is 6.29 Å². The molecule has 0 spiro atoms. The molecule has 1 aliphatic rings. The first-order chi connectivity index (χ1) is 7.70. The Hall–Kier alpha value is -1.49. The molecule has 0 saturated carbocycles. The highest BCUT2D eigenvalue weighted by Crippen LogP contribution is 2.23. The molecule has 84 valence electrons. The topological polar surface area (TPSA) is 67.5 Å². The zero-order valence-electron chi connectivity index (χ0n) is 8.88. The largest absolute Gasteiger partial charge is 0.399 e. The lowest BCUT2D eigenvalue weighted by Crippen LogP contribution is -2.35. The highest BCUT2D eigenvalue weighted by Gasteiger charge is 2.23. The van der Waals surface area contributed by atoms with Crippen molar-refractivity contribution in [2.45, 2.75) is 17.5 Å². The summed E-state index contributed by atoms with van der Waals surface area (Å²) < 4.78 is 0. The molecule has 1 unspecified atom stereocenters. The Morgan fingerprint density at radius 2 is 2.12 bits per heavy atom. The average Bonchev–Trinajstić information content (AvgIpc) is 2.30. The van der Waals surface area contributed by atoms with Crippen LogP contribution in [0, 0.1) is 0 Å². The summed E-state index contributed by atoms with van der Waals surface area (Å²) >= 11 is 1.55. The summed E-state index contributed by atoms with van der Waals surface area (Å²) in [5.41, 5.74) is 11.2. The Kier molecular flexibility index (Phi) is 3.14. The maximum absolute atomic E-state index is 10.6. The normalized spacial score (nSPS) is 24.4. The number of benzene rings is 1. The highest BCUT2D eigenvalue weighted by atomic mass is 32.2. The highest BCUT2D eigenvalue weighted by molar-refractivity contribution is 8.01. The number of nitrogen functional groups attached to an aromatic ring is 1. The molecular weight excluding hydrogens is 222 g/mol. The van der Waals surface area contributed by atoms with E-state index in [-0.39, 0.29) is 10.6 Å². The fourth-order valence-corrected chi connectivity index (χ4v) is 2.49. The van der Waals surface area contributed by atoms with Gasteiger partial charge in [0.25, 0.3) is 0 Å². The molecule has 0 amide bonds. The van der Waals surface area contributed by atoms with Crippen molar-refractivity contribution in [2.24, 2.45) is 5.10 Å². The molecule has 0 fully saturated rings. The van der Waals surface area contributed by atoms with Crippen LogP contribution in [0.2, 0.25) is 0 Å². The summed E-state index contributed by atoms with van der Waals surface area (Å²) in [5.74, 6) is 0. The molecule has 1 aliphatic heterocycles. The van der Waals surface area contributed by atoms with Crippen molar-refractivity contribution in [1.82, 2.24) is 5.43 Å². The van der Waals surface area contributed by atoms with E-state index in [0.717, 1.165) is 23.2 Å². The first-order valence-corrected chi connectivity index (χ1v) is 5.95. The maximum atomic E-state index is 10.6. The molecule has 5 heteroatoms. The second kappa shape index (κ2) is 4.57. The van der Waals surface area contributed by atoms with Gasteiger partial charge >= 0.3 is 0 Å². The second-order valence-corrected chi connectivity index (χ2v) is 5.07. The van der Waals surface area contributed by atoms with Crippen molar-refractivity contribution in [3.8, 4) is 0 Å². The summed E-state index contributed by atoms with van der Waals surface area (Å²) in [4.78, 5) is 10.6. The predicted molar refractivity (Wildman–Crippen MR) is 67.4 cm³/mol. The molecule has 4 nitrogen and oxygen atoms in total. The third-order valence-corrected chi connectivity index (χ3v) is 3.52. The van der Waals surface area contributed by atoms with E-state index in [2.05, 4.69) is 10.5 Å². The Labute approximate surface area is 98.3 Å². The number of nitrogens with one attached hydrogen (secondary N) is 1. The molecule has 0 radical (unpaired) electrons. The van der Waals surface area contributed by atoms with E-state index in [9.17, 15) is 4.79 Å². The van der Waals surface area contributed by atoms with Crippen LogP contribution in [0.4, 0.5) is 5.69 Å². The molecule has 1 heterocycles. The van der Waals surface area contributed by atoms with Gasteiger partial charge in [0.2, 0.25) is 0 Å². The Morgan fingerprint density at radius 1 is 1.44 bits per heavy atom. The van der Waals surface area contributed by atoms with Crippen LogP contribution in [0.15, 0.2) is 29.4 Å². The first-order valence-electron chi connectivity index (χ1n) is 5.00. The number of nitrogens with zero attached hydrogens (tertiary/aromatic N) is 1. The minimum Gasteiger partial charge on any atom is -0.399 e. The van der Waals surface area contributed by atoms with Crippen LogP contribution in [0.3, 0.4) is 0 Å². The average molecular weight is 235 g/mol. The lowest BCUT2D eigenvalue weighted by Gasteiger charge is -2.24. The van der Waals surface area contributed by atoms with Gasteiger partial charge in [0.05, 0.1) is 5.71 Å². The fraction of sp³-hybridized carbons (Fsp3) is 0.273. The van der Waals surface area contributed by atoms with Crippen molar-refractivity contribution >= 4 is 29.4 Å². The lowest BCUT2D eigenvalue weighted by molar-refractivity contribution is -0.107. The van der Waals surface area contributed by atoms with Crippen LogP contribution in [-0.2, 0) is 4.79 Å². The number of rotatable bonds is 2. The van der Waals surface area contributed by atoms with E-state index < -0.39 is 0 Å². The van der Waals surface area contributed by atoms with Gasteiger partial charge in [-0.3, -0.25) is 5.43 Å². The number of hydrogen-bond donors (Lipinski definition) is 2. The molecule has 3 N–H and O–H groups in total. The third kappa shape index (κ3) is 2.19. The van der Waals surface area contributed by atoms with Crippen LogP contribution in [0.5, 0.6) is 0 Å². The van der Waals surface area contributed by atoms with Crippen molar-refractivity contribution in [1.29, 1.82) is 0 Å². The van der Waals surface area contributed by atoms with Gasteiger partial charge in [-0.2, -0.15) is 5.10 Å². The van der Waals surface area contributed by atoms with Crippen molar-refractivity contribution in [3.63, 3.8) is 0 Å². The van der Waals surface area contributed by atoms with E-state index in [0.29, 0.717) is 0 Å². The number of hydrogen-bond acceptors (Lipinski definition) is 5. The predicted octanol–water partition coefficient (Wildman–Crippen LogP) is 1.22. The van der Waals surface area contributed by atoms with Gasteiger partial charge in [-0.1, -0.05) is 12.1 Å². The van der Waals surface area contributed by atoms with Crippen LogP contribution in [0.25, 0.3) is 0 Å². The van der Waals surface area contributed by atoms with Crippen LogP contribution in [0.1, 0.15) is 12.5 Å². The number of anilines is 1. The second-order valence-electron chi connectivity index (χ2n) is 3.58. The number of carbonyl (C=O) groups is 1. The summed E-state index contributed by atoms with van der Waals surface area (Å²) in [6, 6.07) is 7.57. The summed E-state index contributed by atoms with van der Waals surface area (Å²) in [5, 5.41) is 4.19. The van der Waals surface area contributed by atoms with Crippen molar-refractivity contribution in [2.75, 3.05) is 5.73 Å². The number of nitrogens with two attached hydrogens (primary N) is 1. The van der Waals surface area contributed by atoms with E-state index in [1.807, 2.05) is 31.2 Å².